The number of nitrogens with zero attached hydrogens (tertiary/aromatic N) is 1. The molecule has 0 bridgehead atoms. The largest absolute Gasteiger partial charge is 0.398 e. The summed E-state index contributed by atoms with van der Waals surface area (Å²) in [4.78, 5) is 0. The topological polar surface area (TPSA) is 63.4 Å². The van der Waals surface area contributed by atoms with Crippen molar-refractivity contribution in [1.82, 2.24) is 4.31 Å². The minimum atomic E-state index is -3.38. The van der Waals surface area contributed by atoms with E-state index in [0.29, 0.717) is 17.8 Å². The summed E-state index contributed by atoms with van der Waals surface area (Å²) < 4.78 is 26.0. The Bertz CT molecular complexity index is 669. The second-order valence-electron chi connectivity index (χ2n) is 4.70. The monoisotopic (exact) mass is 290 g/mol. The fraction of sp³-hybridized carbons (Fsp3) is 0.200. The quantitative estimate of drug-likeness (QED) is 0.859. The molecule has 0 aliphatic rings. The molecule has 2 N–H and O–H groups in total. The van der Waals surface area contributed by atoms with Gasteiger partial charge in [0.05, 0.1) is 5.75 Å². The molecule has 20 heavy (non-hydrogen) atoms. The summed E-state index contributed by atoms with van der Waals surface area (Å²) in [6, 6.07) is 16.5. The molecule has 0 atom stereocenters. The maximum absolute atomic E-state index is 12.3. The molecule has 2 aromatic rings. The summed E-state index contributed by atoms with van der Waals surface area (Å²) in [7, 11) is -1.80. The van der Waals surface area contributed by atoms with Gasteiger partial charge in [-0.3, -0.25) is 0 Å². The van der Waals surface area contributed by atoms with E-state index < -0.39 is 10.0 Å². The molecule has 0 aliphatic heterocycles. The van der Waals surface area contributed by atoms with Gasteiger partial charge in [-0.1, -0.05) is 48.5 Å². The van der Waals surface area contributed by atoms with Crippen LogP contribution in [-0.2, 0) is 22.3 Å². The van der Waals surface area contributed by atoms with Crippen LogP contribution in [0.25, 0.3) is 0 Å². The lowest BCUT2D eigenvalue weighted by molar-refractivity contribution is 0.466. The molecule has 0 amide bonds. The van der Waals surface area contributed by atoms with Crippen LogP contribution < -0.4 is 5.73 Å². The lowest BCUT2D eigenvalue weighted by Crippen LogP contribution is -2.28. The first kappa shape index (κ1) is 14.6. The lowest BCUT2D eigenvalue weighted by atomic mass is 10.2. The van der Waals surface area contributed by atoms with Crippen molar-refractivity contribution in [2.75, 3.05) is 12.8 Å². The molecular weight excluding hydrogens is 272 g/mol. The van der Waals surface area contributed by atoms with Crippen molar-refractivity contribution in [1.29, 1.82) is 0 Å². The first-order chi connectivity index (χ1) is 9.49. The van der Waals surface area contributed by atoms with Gasteiger partial charge in [0.1, 0.15) is 0 Å². The van der Waals surface area contributed by atoms with E-state index in [-0.39, 0.29) is 5.75 Å². The SMILES string of the molecule is CN(Cc1ccccc1)S(=O)(=O)Cc1ccccc1N. The third kappa shape index (κ3) is 3.59. The lowest BCUT2D eigenvalue weighted by Gasteiger charge is -2.18. The number of nitrogens with two attached hydrogens (primary N) is 1. The van der Waals surface area contributed by atoms with Crippen LogP contribution in [0.3, 0.4) is 0 Å². The van der Waals surface area contributed by atoms with Gasteiger partial charge >= 0.3 is 0 Å². The zero-order valence-electron chi connectivity index (χ0n) is 11.4. The van der Waals surface area contributed by atoms with Gasteiger partial charge in [-0.25, -0.2) is 12.7 Å². The first-order valence-electron chi connectivity index (χ1n) is 6.30. The summed E-state index contributed by atoms with van der Waals surface area (Å²) in [6.45, 7) is 0.357. The van der Waals surface area contributed by atoms with Gasteiger partial charge in [0.2, 0.25) is 10.0 Å². The minimum Gasteiger partial charge on any atom is -0.398 e. The third-order valence-corrected chi connectivity index (χ3v) is 4.87. The molecule has 4 nitrogen and oxygen atoms in total. The molecule has 0 spiro atoms. The predicted octanol–water partition coefficient (Wildman–Crippen LogP) is 2.23. The van der Waals surface area contributed by atoms with E-state index in [0.717, 1.165) is 5.56 Å². The number of nitrogen functional groups attached to an aromatic ring is 1. The highest BCUT2D eigenvalue weighted by Gasteiger charge is 2.19. The van der Waals surface area contributed by atoms with E-state index in [2.05, 4.69) is 0 Å². The Kier molecular flexibility index (Phi) is 4.42. The van der Waals surface area contributed by atoms with Crippen LogP contribution in [0.5, 0.6) is 0 Å². The molecule has 0 saturated carbocycles. The summed E-state index contributed by atoms with van der Waals surface area (Å²) in [5.41, 5.74) is 7.89. The van der Waals surface area contributed by atoms with Crippen LogP contribution in [-0.4, -0.2) is 19.8 Å². The second-order valence-corrected chi connectivity index (χ2v) is 6.77. The van der Waals surface area contributed by atoms with Gasteiger partial charge in [-0.15, -0.1) is 0 Å². The minimum absolute atomic E-state index is 0.0804. The zero-order chi connectivity index (χ0) is 14.6. The number of anilines is 1. The van der Waals surface area contributed by atoms with Crippen molar-refractivity contribution >= 4 is 15.7 Å². The van der Waals surface area contributed by atoms with Gasteiger partial charge in [0.25, 0.3) is 0 Å². The smallest absolute Gasteiger partial charge is 0.218 e. The van der Waals surface area contributed by atoms with Crippen molar-refractivity contribution in [3.63, 3.8) is 0 Å². The number of hydrogen-bond donors (Lipinski definition) is 1. The normalized spacial score (nSPS) is 11.7. The Morgan fingerprint density at radius 2 is 1.60 bits per heavy atom. The molecule has 2 rings (SSSR count). The van der Waals surface area contributed by atoms with Gasteiger partial charge in [0, 0.05) is 19.3 Å². The van der Waals surface area contributed by atoms with Crippen LogP contribution in [0.2, 0.25) is 0 Å². The number of para-hydroxylation sites is 1. The number of hydrogen-bond acceptors (Lipinski definition) is 3. The van der Waals surface area contributed by atoms with Crippen molar-refractivity contribution in [3.8, 4) is 0 Å². The van der Waals surface area contributed by atoms with E-state index >= 15 is 0 Å². The standard InChI is InChI=1S/C15H18N2O2S/c1-17(11-13-7-3-2-4-8-13)20(18,19)12-14-9-5-6-10-15(14)16/h2-10H,11-12,16H2,1H3. The van der Waals surface area contributed by atoms with Gasteiger partial charge < -0.3 is 5.73 Å². The van der Waals surface area contributed by atoms with Crippen molar-refractivity contribution in [2.24, 2.45) is 0 Å². The van der Waals surface area contributed by atoms with Gasteiger partial charge in [-0.2, -0.15) is 0 Å². The van der Waals surface area contributed by atoms with Gasteiger partial charge in [-0.05, 0) is 17.2 Å². The maximum Gasteiger partial charge on any atom is 0.218 e. The second kappa shape index (κ2) is 6.07. The van der Waals surface area contributed by atoms with Crippen LogP contribution in [0.4, 0.5) is 5.69 Å². The number of rotatable bonds is 5. The first-order valence-corrected chi connectivity index (χ1v) is 7.91. The summed E-state index contributed by atoms with van der Waals surface area (Å²) in [6.07, 6.45) is 0. The highest BCUT2D eigenvalue weighted by molar-refractivity contribution is 7.88. The van der Waals surface area contributed by atoms with Crippen LogP contribution in [0, 0.1) is 0 Å². The van der Waals surface area contributed by atoms with Crippen molar-refractivity contribution in [2.45, 2.75) is 12.3 Å². The molecule has 0 aliphatic carbocycles. The molecule has 0 fully saturated rings. The zero-order valence-corrected chi connectivity index (χ0v) is 12.2. The Labute approximate surface area is 119 Å². The molecule has 2 aromatic carbocycles. The molecule has 106 valence electrons. The van der Waals surface area contributed by atoms with Gasteiger partial charge in [0.15, 0.2) is 0 Å². The van der Waals surface area contributed by atoms with E-state index in [1.807, 2.05) is 30.3 Å². The number of benzene rings is 2. The van der Waals surface area contributed by atoms with E-state index in [4.69, 9.17) is 5.73 Å². The van der Waals surface area contributed by atoms with E-state index in [1.165, 1.54) is 4.31 Å². The summed E-state index contributed by atoms with van der Waals surface area (Å²) in [5, 5.41) is 0. The van der Waals surface area contributed by atoms with Crippen molar-refractivity contribution < 1.29 is 8.42 Å². The average Bonchev–Trinajstić information content (AvgIpc) is 2.42. The molecule has 0 saturated heterocycles. The molecule has 5 heteroatoms. The van der Waals surface area contributed by atoms with Crippen molar-refractivity contribution in [3.05, 3.63) is 65.7 Å². The Balaban J connectivity index is 2.12. The molecule has 0 radical (unpaired) electrons. The van der Waals surface area contributed by atoms with Crippen LogP contribution >= 0.6 is 0 Å². The van der Waals surface area contributed by atoms with E-state index in [9.17, 15) is 8.42 Å². The van der Waals surface area contributed by atoms with Crippen LogP contribution in [0.1, 0.15) is 11.1 Å². The molecule has 0 unspecified atom stereocenters. The van der Waals surface area contributed by atoms with E-state index in [1.54, 1.807) is 31.3 Å². The predicted molar refractivity (Wildman–Crippen MR) is 81.4 cm³/mol. The fourth-order valence-corrected chi connectivity index (χ4v) is 3.13. The summed E-state index contributed by atoms with van der Waals surface area (Å²) >= 11 is 0. The average molecular weight is 290 g/mol. The highest BCUT2D eigenvalue weighted by atomic mass is 32.2. The third-order valence-electron chi connectivity index (χ3n) is 3.12. The Morgan fingerprint density at radius 1 is 1.00 bits per heavy atom. The fourth-order valence-electron chi connectivity index (χ4n) is 1.91. The highest BCUT2D eigenvalue weighted by Crippen LogP contribution is 2.17. The maximum atomic E-state index is 12.3. The molecule has 0 heterocycles. The Hall–Kier alpha value is -1.85. The summed E-state index contributed by atoms with van der Waals surface area (Å²) in [5.74, 6) is -0.0804. The Morgan fingerprint density at radius 3 is 2.25 bits per heavy atom. The molecule has 0 aromatic heterocycles. The number of sulfonamides is 1. The molecular formula is C15H18N2O2S. The van der Waals surface area contributed by atoms with Crippen LogP contribution in [0.15, 0.2) is 54.6 Å².